The molecule has 0 saturated carbocycles. The Morgan fingerprint density at radius 2 is 1.61 bits per heavy atom. The molecule has 3 aromatic carbocycles. The summed E-state index contributed by atoms with van der Waals surface area (Å²) in [6, 6.07) is 13.9. The number of hydrogen-bond acceptors (Lipinski definition) is 2. The zero-order chi connectivity index (χ0) is 16.4. The van der Waals surface area contributed by atoms with Crippen LogP contribution in [0.5, 0.6) is 11.5 Å². The van der Waals surface area contributed by atoms with E-state index in [0.29, 0.717) is 22.6 Å². The second kappa shape index (κ2) is 6.04. The Hall–Kier alpha value is -2.95. The molecule has 0 bridgehead atoms. The van der Waals surface area contributed by atoms with Crippen molar-refractivity contribution in [3.63, 3.8) is 0 Å². The molecule has 0 aliphatic carbocycles. The highest BCUT2D eigenvalue weighted by Gasteiger charge is 2.11. The SMILES string of the molecule is Nc1ccc(-c2ccc(F)c(F)c2)c(Oc2cccc(F)c2)c1. The average molecular weight is 315 g/mol. The van der Waals surface area contributed by atoms with Gasteiger partial charge in [-0.05, 0) is 42.0 Å². The fourth-order valence-corrected chi connectivity index (χ4v) is 2.18. The van der Waals surface area contributed by atoms with E-state index in [-0.39, 0.29) is 5.75 Å². The molecule has 0 amide bonds. The Kier molecular flexibility index (Phi) is 3.93. The van der Waals surface area contributed by atoms with Crippen molar-refractivity contribution >= 4 is 5.69 Å². The van der Waals surface area contributed by atoms with Gasteiger partial charge in [-0.15, -0.1) is 0 Å². The van der Waals surface area contributed by atoms with Gasteiger partial charge in [0.15, 0.2) is 11.6 Å². The summed E-state index contributed by atoms with van der Waals surface area (Å²) < 4.78 is 45.5. The summed E-state index contributed by atoms with van der Waals surface area (Å²) in [5, 5.41) is 0. The Balaban J connectivity index is 2.05. The number of anilines is 1. The molecule has 0 aliphatic rings. The molecule has 0 spiro atoms. The fraction of sp³-hybridized carbons (Fsp3) is 0. The molecule has 5 heteroatoms. The van der Waals surface area contributed by atoms with Crippen LogP contribution in [0.2, 0.25) is 0 Å². The molecule has 0 radical (unpaired) electrons. The van der Waals surface area contributed by atoms with Gasteiger partial charge in [0.05, 0.1) is 0 Å². The lowest BCUT2D eigenvalue weighted by Gasteiger charge is -2.12. The minimum atomic E-state index is -0.962. The van der Waals surface area contributed by atoms with Crippen LogP contribution in [0.3, 0.4) is 0 Å². The van der Waals surface area contributed by atoms with Gasteiger partial charge in [-0.2, -0.15) is 0 Å². The maximum Gasteiger partial charge on any atom is 0.159 e. The van der Waals surface area contributed by atoms with Gasteiger partial charge in [0.1, 0.15) is 17.3 Å². The summed E-state index contributed by atoms with van der Waals surface area (Å²) >= 11 is 0. The first kappa shape index (κ1) is 15.0. The van der Waals surface area contributed by atoms with E-state index in [2.05, 4.69) is 0 Å². The Morgan fingerprint density at radius 1 is 0.783 bits per heavy atom. The van der Waals surface area contributed by atoms with Crippen molar-refractivity contribution in [3.05, 3.63) is 78.1 Å². The van der Waals surface area contributed by atoms with E-state index in [0.717, 1.165) is 12.1 Å². The lowest BCUT2D eigenvalue weighted by Crippen LogP contribution is -1.93. The smallest absolute Gasteiger partial charge is 0.159 e. The summed E-state index contributed by atoms with van der Waals surface area (Å²) in [4.78, 5) is 0. The number of nitrogen functional groups attached to an aromatic ring is 1. The molecule has 2 N–H and O–H groups in total. The Bertz CT molecular complexity index is 865. The zero-order valence-electron chi connectivity index (χ0n) is 11.9. The monoisotopic (exact) mass is 315 g/mol. The Labute approximate surface area is 130 Å². The summed E-state index contributed by atoms with van der Waals surface area (Å²) in [6.07, 6.45) is 0. The van der Waals surface area contributed by atoms with E-state index in [1.165, 1.54) is 24.3 Å². The molecule has 0 aromatic heterocycles. The molecular formula is C18H12F3NO. The first-order valence-electron chi connectivity index (χ1n) is 6.81. The van der Waals surface area contributed by atoms with Crippen LogP contribution in [0.15, 0.2) is 60.7 Å². The second-order valence-electron chi connectivity index (χ2n) is 4.94. The van der Waals surface area contributed by atoms with Gasteiger partial charge < -0.3 is 10.5 Å². The molecule has 0 heterocycles. The van der Waals surface area contributed by atoms with Crippen molar-refractivity contribution in [1.82, 2.24) is 0 Å². The minimum absolute atomic E-state index is 0.277. The third-order valence-electron chi connectivity index (χ3n) is 3.26. The molecule has 0 aliphatic heterocycles. The number of hydrogen-bond donors (Lipinski definition) is 1. The predicted octanol–water partition coefficient (Wildman–Crippen LogP) is 5.15. The van der Waals surface area contributed by atoms with Gasteiger partial charge in [-0.25, -0.2) is 13.2 Å². The maximum atomic E-state index is 13.5. The quantitative estimate of drug-likeness (QED) is 0.679. The molecule has 0 fully saturated rings. The summed E-state index contributed by atoms with van der Waals surface area (Å²) in [6.45, 7) is 0. The van der Waals surface area contributed by atoms with Crippen LogP contribution >= 0.6 is 0 Å². The predicted molar refractivity (Wildman–Crippen MR) is 82.7 cm³/mol. The van der Waals surface area contributed by atoms with E-state index < -0.39 is 17.5 Å². The van der Waals surface area contributed by atoms with Gasteiger partial charge >= 0.3 is 0 Å². The van der Waals surface area contributed by atoms with E-state index in [1.807, 2.05) is 0 Å². The standard InChI is InChI=1S/C18H12F3NO/c19-12-2-1-3-14(9-12)23-18-10-13(22)5-6-15(18)11-4-7-16(20)17(21)8-11/h1-10H,22H2. The van der Waals surface area contributed by atoms with Gasteiger partial charge in [0.2, 0.25) is 0 Å². The van der Waals surface area contributed by atoms with Crippen molar-refractivity contribution < 1.29 is 17.9 Å². The molecule has 0 saturated heterocycles. The van der Waals surface area contributed by atoms with Crippen molar-refractivity contribution in [2.24, 2.45) is 0 Å². The summed E-state index contributed by atoms with van der Waals surface area (Å²) in [5.74, 6) is -1.74. The number of rotatable bonds is 3. The minimum Gasteiger partial charge on any atom is -0.457 e. The van der Waals surface area contributed by atoms with Gasteiger partial charge in [0.25, 0.3) is 0 Å². The third-order valence-corrected chi connectivity index (χ3v) is 3.26. The first-order valence-corrected chi connectivity index (χ1v) is 6.81. The largest absolute Gasteiger partial charge is 0.457 e. The summed E-state index contributed by atoms with van der Waals surface area (Å²) in [7, 11) is 0. The zero-order valence-corrected chi connectivity index (χ0v) is 11.9. The fourth-order valence-electron chi connectivity index (χ4n) is 2.18. The van der Waals surface area contributed by atoms with Crippen LogP contribution in [-0.2, 0) is 0 Å². The van der Waals surface area contributed by atoms with Gasteiger partial charge in [-0.1, -0.05) is 12.1 Å². The van der Waals surface area contributed by atoms with Crippen LogP contribution in [0.1, 0.15) is 0 Å². The number of nitrogens with two attached hydrogens (primary N) is 1. The van der Waals surface area contributed by atoms with Crippen molar-refractivity contribution in [1.29, 1.82) is 0 Å². The van der Waals surface area contributed by atoms with E-state index in [4.69, 9.17) is 10.5 Å². The second-order valence-corrected chi connectivity index (χ2v) is 4.94. The van der Waals surface area contributed by atoms with Gasteiger partial charge in [-0.3, -0.25) is 0 Å². The molecule has 116 valence electrons. The number of halogens is 3. The lowest BCUT2D eigenvalue weighted by atomic mass is 10.0. The number of ether oxygens (including phenoxy) is 1. The molecule has 2 nitrogen and oxygen atoms in total. The maximum absolute atomic E-state index is 13.5. The Morgan fingerprint density at radius 3 is 2.35 bits per heavy atom. The molecule has 23 heavy (non-hydrogen) atoms. The van der Waals surface area contributed by atoms with E-state index in [1.54, 1.807) is 24.3 Å². The van der Waals surface area contributed by atoms with Gasteiger partial charge in [0, 0.05) is 23.4 Å². The molecule has 0 atom stereocenters. The first-order chi connectivity index (χ1) is 11.0. The van der Waals surface area contributed by atoms with Crippen LogP contribution in [-0.4, -0.2) is 0 Å². The van der Waals surface area contributed by atoms with Crippen LogP contribution in [0.25, 0.3) is 11.1 Å². The van der Waals surface area contributed by atoms with Crippen LogP contribution in [0.4, 0.5) is 18.9 Å². The summed E-state index contributed by atoms with van der Waals surface area (Å²) in [5.41, 5.74) is 7.13. The van der Waals surface area contributed by atoms with Crippen LogP contribution in [0, 0.1) is 17.5 Å². The van der Waals surface area contributed by atoms with Crippen molar-refractivity contribution in [2.75, 3.05) is 5.73 Å². The highest BCUT2D eigenvalue weighted by Crippen LogP contribution is 2.35. The van der Waals surface area contributed by atoms with Crippen molar-refractivity contribution in [3.8, 4) is 22.6 Å². The third kappa shape index (κ3) is 3.29. The van der Waals surface area contributed by atoms with Crippen molar-refractivity contribution in [2.45, 2.75) is 0 Å². The average Bonchev–Trinajstić information content (AvgIpc) is 2.50. The van der Waals surface area contributed by atoms with E-state index >= 15 is 0 Å². The van der Waals surface area contributed by atoms with E-state index in [9.17, 15) is 13.2 Å². The molecular weight excluding hydrogens is 303 g/mol. The lowest BCUT2D eigenvalue weighted by molar-refractivity contribution is 0.478. The molecule has 0 unspecified atom stereocenters. The van der Waals surface area contributed by atoms with Crippen LogP contribution < -0.4 is 10.5 Å². The highest BCUT2D eigenvalue weighted by atomic mass is 19.2. The normalized spacial score (nSPS) is 10.6. The topological polar surface area (TPSA) is 35.2 Å². The number of benzene rings is 3. The molecule has 3 aromatic rings. The highest BCUT2D eigenvalue weighted by molar-refractivity contribution is 5.73. The molecule has 3 rings (SSSR count).